The fourth-order valence-corrected chi connectivity index (χ4v) is 2.87. The summed E-state index contributed by atoms with van der Waals surface area (Å²) in [6.45, 7) is 1.12. The lowest BCUT2D eigenvalue weighted by Crippen LogP contribution is -2.21. The molecule has 0 spiro atoms. The fourth-order valence-electron chi connectivity index (χ4n) is 2.87. The van der Waals surface area contributed by atoms with Gasteiger partial charge in [0.05, 0.1) is 19.3 Å². The molecule has 5 nitrogen and oxygen atoms in total. The highest BCUT2D eigenvalue weighted by Gasteiger charge is 2.23. The van der Waals surface area contributed by atoms with Crippen molar-refractivity contribution in [2.24, 2.45) is 0 Å². The minimum atomic E-state index is -0.761. The molecule has 1 saturated heterocycles. The summed E-state index contributed by atoms with van der Waals surface area (Å²) in [5.74, 6) is 2.22. The minimum Gasteiger partial charge on any atom is -0.497 e. The van der Waals surface area contributed by atoms with Gasteiger partial charge in [-0.15, -0.1) is 0 Å². The predicted molar refractivity (Wildman–Crippen MR) is 86.7 cm³/mol. The number of rotatable bonds is 3. The van der Waals surface area contributed by atoms with E-state index in [1.165, 1.54) is 0 Å². The molecule has 6 heteroatoms. The van der Waals surface area contributed by atoms with E-state index in [-0.39, 0.29) is 0 Å². The van der Waals surface area contributed by atoms with Crippen molar-refractivity contribution in [1.29, 1.82) is 0 Å². The molecule has 0 amide bonds. The van der Waals surface area contributed by atoms with Gasteiger partial charge in [-0.2, -0.15) is 4.98 Å². The third-order valence-electron chi connectivity index (χ3n) is 4.15. The van der Waals surface area contributed by atoms with Gasteiger partial charge in [-0.3, -0.25) is 4.40 Å². The van der Waals surface area contributed by atoms with Crippen molar-refractivity contribution in [2.45, 2.75) is 12.6 Å². The Bertz CT molecular complexity index is 830. The zero-order chi connectivity index (χ0) is 15.8. The van der Waals surface area contributed by atoms with Crippen LogP contribution in [0, 0.1) is 0 Å². The first kappa shape index (κ1) is 14.0. The third-order valence-corrected chi connectivity index (χ3v) is 4.15. The lowest BCUT2D eigenvalue weighted by atomic mass is 10.2. The summed E-state index contributed by atoms with van der Waals surface area (Å²) in [7, 11) is 1.64. The van der Waals surface area contributed by atoms with Crippen LogP contribution in [-0.4, -0.2) is 40.7 Å². The number of ether oxygens (including phenoxy) is 1. The second kappa shape index (κ2) is 5.53. The van der Waals surface area contributed by atoms with Crippen LogP contribution in [0.15, 0.2) is 42.7 Å². The Morgan fingerprint density at radius 1 is 1.17 bits per heavy atom. The summed E-state index contributed by atoms with van der Waals surface area (Å²) >= 11 is 0. The number of aromatic nitrogens is 3. The number of hydrogen-bond donors (Lipinski definition) is 0. The molecular formula is C17H17FN4O. The van der Waals surface area contributed by atoms with E-state index in [2.05, 4.69) is 9.97 Å². The molecule has 1 aliphatic heterocycles. The fraction of sp³-hybridized carbons (Fsp3) is 0.294. The number of methoxy groups -OCH3 is 1. The maximum atomic E-state index is 13.4. The van der Waals surface area contributed by atoms with Gasteiger partial charge in [0.1, 0.15) is 17.7 Å². The maximum absolute atomic E-state index is 13.4. The largest absolute Gasteiger partial charge is 0.497 e. The SMILES string of the molecule is COc1ccc(-c2cn3ccc(N4CCC(F)C4)nc3n2)cc1. The van der Waals surface area contributed by atoms with Crippen molar-refractivity contribution in [3.63, 3.8) is 0 Å². The van der Waals surface area contributed by atoms with Crippen LogP contribution in [-0.2, 0) is 0 Å². The Kier molecular flexibility index (Phi) is 3.37. The highest BCUT2D eigenvalue weighted by Crippen LogP contribution is 2.24. The van der Waals surface area contributed by atoms with Crippen LogP contribution in [0.3, 0.4) is 0 Å². The number of imidazole rings is 1. The molecule has 0 radical (unpaired) electrons. The molecule has 1 fully saturated rings. The number of nitrogens with zero attached hydrogens (tertiary/aromatic N) is 4. The van der Waals surface area contributed by atoms with Gasteiger partial charge >= 0.3 is 0 Å². The Morgan fingerprint density at radius 2 is 2.00 bits per heavy atom. The predicted octanol–water partition coefficient (Wildman–Crippen LogP) is 2.95. The van der Waals surface area contributed by atoms with Gasteiger partial charge in [0.15, 0.2) is 0 Å². The van der Waals surface area contributed by atoms with Gasteiger partial charge in [0, 0.05) is 24.5 Å². The van der Waals surface area contributed by atoms with Gasteiger partial charge in [0.2, 0.25) is 5.78 Å². The minimum absolute atomic E-state index is 0.412. The van der Waals surface area contributed by atoms with E-state index in [4.69, 9.17) is 4.74 Å². The van der Waals surface area contributed by atoms with Crippen LogP contribution in [0.5, 0.6) is 5.75 Å². The molecule has 0 aliphatic carbocycles. The van der Waals surface area contributed by atoms with Crippen LogP contribution in [0.25, 0.3) is 17.0 Å². The maximum Gasteiger partial charge on any atom is 0.236 e. The number of anilines is 1. The Morgan fingerprint density at radius 3 is 2.70 bits per heavy atom. The van der Waals surface area contributed by atoms with Crippen LogP contribution < -0.4 is 9.64 Å². The highest BCUT2D eigenvalue weighted by atomic mass is 19.1. The lowest BCUT2D eigenvalue weighted by molar-refractivity contribution is 0.364. The van der Waals surface area contributed by atoms with Crippen molar-refractivity contribution >= 4 is 11.6 Å². The van der Waals surface area contributed by atoms with Crippen LogP contribution in [0.4, 0.5) is 10.2 Å². The zero-order valence-corrected chi connectivity index (χ0v) is 12.8. The number of hydrogen-bond acceptors (Lipinski definition) is 4. The standard InChI is InChI=1S/C17H17FN4O/c1-23-14-4-2-12(3-5-14)15-11-22-9-7-16(20-17(22)19-15)21-8-6-13(18)10-21/h2-5,7,9,11,13H,6,8,10H2,1H3. The van der Waals surface area contributed by atoms with Gasteiger partial charge < -0.3 is 9.64 Å². The van der Waals surface area contributed by atoms with Crippen molar-refractivity contribution in [1.82, 2.24) is 14.4 Å². The van der Waals surface area contributed by atoms with E-state index in [1.807, 2.05) is 52.0 Å². The van der Waals surface area contributed by atoms with Crippen molar-refractivity contribution in [3.05, 3.63) is 42.7 Å². The van der Waals surface area contributed by atoms with Crippen LogP contribution in [0.2, 0.25) is 0 Å². The number of fused-ring (bicyclic) bond motifs is 1. The lowest BCUT2D eigenvalue weighted by Gasteiger charge is -2.15. The van der Waals surface area contributed by atoms with Crippen molar-refractivity contribution < 1.29 is 9.13 Å². The van der Waals surface area contributed by atoms with Gasteiger partial charge in [-0.05, 0) is 36.8 Å². The van der Waals surface area contributed by atoms with Crippen molar-refractivity contribution in [3.8, 4) is 17.0 Å². The average molecular weight is 312 g/mol. The monoisotopic (exact) mass is 312 g/mol. The summed E-state index contributed by atoms with van der Waals surface area (Å²) in [6, 6.07) is 9.66. The molecule has 1 atom stereocenters. The molecule has 1 unspecified atom stereocenters. The summed E-state index contributed by atoms with van der Waals surface area (Å²) in [6.07, 6.45) is 3.67. The number of benzene rings is 1. The first-order valence-corrected chi connectivity index (χ1v) is 7.62. The normalized spacial score (nSPS) is 17.8. The molecule has 3 heterocycles. The van der Waals surface area contributed by atoms with E-state index in [0.29, 0.717) is 25.3 Å². The number of alkyl halides is 1. The smallest absolute Gasteiger partial charge is 0.236 e. The molecule has 0 N–H and O–H groups in total. The first-order valence-electron chi connectivity index (χ1n) is 7.62. The van der Waals surface area contributed by atoms with E-state index in [1.54, 1.807) is 7.11 Å². The number of halogens is 1. The third kappa shape index (κ3) is 2.60. The quantitative estimate of drug-likeness (QED) is 0.746. The van der Waals surface area contributed by atoms with E-state index in [0.717, 1.165) is 22.8 Å². The van der Waals surface area contributed by atoms with E-state index >= 15 is 0 Å². The first-order chi connectivity index (χ1) is 11.2. The average Bonchev–Trinajstić information content (AvgIpc) is 3.20. The zero-order valence-electron chi connectivity index (χ0n) is 12.8. The molecule has 2 aromatic heterocycles. The topological polar surface area (TPSA) is 42.7 Å². The Balaban J connectivity index is 1.67. The second-order valence-corrected chi connectivity index (χ2v) is 5.68. The molecule has 118 valence electrons. The Hall–Kier alpha value is -2.63. The molecule has 23 heavy (non-hydrogen) atoms. The molecule has 0 saturated carbocycles. The molecule has 3 aromatic rings. The second-order valence-electron chi connectivity index (χ2n) is 5.68. The van der Waals surface area contributed by atoms with E-state index < -0.39 is 6.17 Å². The Labute approximate surface area is 133 Å². The summed E-state index contributed by atoms with van der Waals surface area (Å²) in [5.41, 5.74) is 1.85. The van der Waals surface area contributed by atoms with Crippen molar-refractivity contribution in [2.75, 3.05) is 25.1 Å². The molecular weight excluding hydrogens is 295 g/mol. The molecule has 0 bridgehead atoms. The van der Waals surface area contributed by atoms with Crippen LogP contribution in [0.1, 0.15) is 6.42 Å². The molecule has 1 aromatic carbocycles. The van der Waals surface area contributed by atoms with Gasteiger partial charge in [-0.25, -0.2) is 9.37 Å². The molecule has 1 aliphatic rings. The summed E-state index contributed by atoms with van der Waals surface area (Å²) < 4.78 is 20.4. The summed E-state index contributed by atoms with van der Waals surface area (Å²) in [5, 5.41) is 0. The molecule has 4 rings (SSSR count). The van der Waals surface area contributed by atoms with E-state index in [9.17, 15) is 4.39 Å². The van der Waals surface area contributed by atoms with Gasteiger partial charge in [-0.1, -0.05) is 0 Å². The van der Waals surface area contributed by atoms with Crippen LogP contribution >= 0.6 is 0 Å². The van der Waals surface area contributed by atoms with Gasteiger partial charge in [0.25, 0.3) is 0 Å². The highest BCUT2D eigenvalue weighted by molar-refractivity contribution is 5.63. The summed E-state index contributed by atoms with van der Waals surface area (Å²) in [4.78, 5) is 11.1.